The fraction of sp³-hybridized carbons (Fsp3) is 0.290. The molecule has 204 valence electrons. The minimum absolute atomic E-state index is 0.0176. The van der Waals surface area contributed by atoms with Crippen molar-refractivity contribution in [3.63, 3.8) is 0 Å². The Morgan fingerprint density at radius 2 is 1.56 bits per heavy atom. The summed E-state index contributed by atoms with van der Waals surface area (Å²) in [7, 11) is 0. The molecule has 8 heteroatoms. The number of halogens is 2. The largest absolute Gasteiger partial charge is 0.507 e. The fourth-order valence-corrected chi connectivity index (χ4v) is 4.66. The van der Waals surface area contributed by atoms with E-state index in [0.29, 0.717) is 35.8 Å². The molecule has 39 heavy (non-hydrogen) atoms. The first kappa shape index (κ1) is 27.8. The van der Waals surface area contributed by atoms with Gasteiger partial charge >= 0.3 is 0 Å². The molecule has 6 nitrogen and oxygen atoms in total. The van der Waals surface area contributed by atoms with Crippen molar-refractivity contribution in [2.45, 2.75) is 46.1 Å². The van der Waals surface area contributed by atoms with Crippen LogP contribution in [0.15, 0.2) is 66.2 Å². The Morgan fingerprint density at radius 1 is 0.897 bits per heavy atom. The van der Waals surface area contributed by atoms with Crippen LogP contribution in [0, 0.1) is 11.6 Å². The highest BCUT2D eigenvalue weighted by atomic mass is 19.2. The summed E-state index contributed by atoms with van der Waals surface area (Å²) >= 11 is 0. The molecule has 1 N–H and O–H groups in total. The summed E-state index contributed by atoms with van der Waals surface area (Å²) in [6.45, 7) is 10.6. The SMILES string of the molecule is CCOc1ccc(C2/C(=C(/O)c3ccc(OCC)c(C(C)(C)C)c3)C(=O)C(=O)N2c2ccc(F)c(F)c2)cc1. The third-order valence-corrected chi connectivity index (χ3v) is 6.49. The van der Waals surface area contributed by atoms with E-state index in [-0.39, 0.29) is 22.4 Å². The Labute approximate surface area is 226 Å². The van der Waals surface area contributed by atoms with Crippen molar-refractivity contribution in [3.05, 3.63) is 94.6 Å². The molecule has 1 amide bonds. The van der Waals surface area contributed by atoms with Crippen molar-refractivity contribution >= 4 is 23.1 Å². The molecule has 0 bridgehead atoms. The van der Waals surface area contributed by atoms with E-state index in [1.54, 1.807) is 42.5 Å². The number of hydrogen-bond acceptors (Lipinski definition) is 5. The van der Waals surface area contributed by atoms with Gasteiger partial charge in [0.1, 0.15) is 17.3 Å². The molecule has 1 saturated heterocycles. The summed E-state index contributed by atoms with van der Waals surface area (Å²) in [5.41, 5.74) is 1.07. The second-order valence-electron chi connectivity index (χ2n) is 10.2. The standard InChI is InChI=1S/C31H31F2NO5/c1-6-38-21-12-8-18(9-13-21)27-26(29(36)30(37)34(27)20-11-14-23(32)24(33)17-20)28(35)19-10-15-25(39-7-2)22(16-19)31(3,4)5/h8-17,27,35H,6-7H2,1-5H3/b28-26-. The van der Waals surface area contributed by atoms with Gasteiger partial charge in [-0.05, 0) is 67.3 Å². The number of ketones is 1. The smallest absolute Gasteiger partial charge is 0.300 e. The van der Waals surface area contributed by atoms with E-state index in [2.05, 4.69) is 0 Å². The Bertz CT molecular complexity index is 1440. The van der Waals surface area contributed by atoms with Gasteiger partial charge in [-0.1, -0.05) is 32.9 Å². The Balaban J connectivity index is 1.94. The lowest BCUT2D eigenvalue weighted by Crippen LogP contribution is -2.29. The molecule has 1 aliphatic heterocycles. The number of ether oxygens (including phenoxy) is 2. The topological polar surface area (TPSA) is 76.1 Å². The van der Waals surface area contributed by atoms with Crippen LogP contribution in [-0.4, -0.2) is 30.0 Å². The van der Waals surface area contributed by atoms with Gasteiger partial charge in [-0.2, -0.15) is 0 Å². The van der Waals surface area contributed by atoms with Crippen molar-refractivity contribution < 1.29 is 33.0 Å². The maximum atomic E-state index is 14.2. The van der Waals surface area contributed by atoms with Gasteiger partial charge < -0.3 is 14.6 Å². The van der Waals surface area contributed by atoms with E-state index < -0.39 is 29.4 Å². The van der Waals surface area contributed by atoms with Crippen molar-refractivity contribution in [1.82, 2.24) is 0 Å². The molecular weight excluding hydrogens is 504 g/mol. The van der Waals surface area contributed by atoms with Crippen LogP contribution in [0.25, 0.3) is 5.76 Å². The van der Waals surface area contributed by atoms with Crippen LogP contribution < -0.4 is 14.4 Å². The number of carbonyl (C=O) groups excluding carboxylic acids is 2. The molecule has 3 aromatic rings. The van der Waals surface area contributed by atoms with E-state index in [9.17, 15) is 23.5 Å². The lowest BCUT2D eigenvalue weighted by atomic mass is 9.84. The molecule has 1 unspecified atom stereocenters. The fourth-order valence-electron chi connectivity index (χ4n) is 4.66. The third kappa shape index (κ3) is 5.37. The average Bonchev–Trinajstić information content (AvgIpc) is 3.16. The van der Waals surface area contributed by atoms with Gasteiger partial charge in [0, 0.05) is 22.9 Å². The predicted molar refractivity (Wildman–Crippen MR) is 145 cm³/mol. The van der Waals surface area contributed by atoms with Crippen LogP contribution in [0.3, 0.4) is 0 Å². The second-order valence-corrected chi connectivity index (χ2v) is 10.2. The summed E-state index contributed by atoms with van der Waals surface area (Å²) in [5, 5.41) is 11.5. The lowest BCUT2D eigenvalue weighted by Gasteiger charge is -2.26. The number of aliphatic hydroxyl groups is 1. The van der Waals surface area contributed by atoms with Crippen LogP contribution >= 0.6 is 0 Å². The maximum Gasteiger partial charge on any atom is 0.300 e. The molecule has 0 saturated carbocycles. The van der Waals surface area contributed by atoms with Crippen molar-refractivity contribution in [1.29, 1.82) is 0 Å². The van der Waals surface area contributed by atoms with Gasteiger partial charge in [0.2, 0.25) is 0 Å². The zero-order chi connectivity index (χ0) is 28.5. The first-order valence-corrected chi connectivity index (χ1v) is 12.7. The Hall–Kier alpha value is -4.20. The first-order chi connectivity index (χ1) is 18.5. The molecule has 0 aliphatic carbocycles. The molecule has 0 aromatic heterocycles. The minimum atomic E-state index is -1.17. The lowest BCUT2D eigenvalue weighted by molar-refractivity contribution is -0.132. The monoisotopic (exact) mass is 535 g/mol. The maximum absolute atomic E-state index is 14.2. The summed E-state index contributed by atoms with van der Waals surface area (Å²) in [4.78, 5) is 27.8. The van der Waals surface area contributed by atoms with Crippen LogP contribution in [0.4, 0.5) is 14.5 Å². The highest BCUT2D eigenvalue weighted by Crippen LogP contribution is 2.43. The molecule has 1 aliphatic rings. The number of benzene rings is 3. The van der Waals surface area contributed by atoms with Gasteiger partial charge in [0.05, 0.1) is 24.8 Å². The number of hydrogen-bond donors (Lipinski definition) is 1. The first-order valence-electron chi connectivity index (χ1n) is 12.7. The van der Waals surface area contributed by atoms with Crippen molar-refractivity contribution in [2.75, 3.05) is 18.1 Å². The molecule has 3 aromatic carbocycles. The van der Waals surface area contributed by atoms with Crippen LogP contribution in [0.2, 0.25) is 0 Å². The highest BCUT2D eigenvalue weighted by Gasteiger charge is 2.47. The summed E-state index contributed by atoms with van der Waals surface area (Å²) in [6, 6.07) is 13.6. The molecule has 4 rings (SSSR count). The molecular formula is C31H31F2NO5. The van der Waals surface area contributed by atoms with Gasteiger partial charge in [-0.15, -0.1) is 0 Å². The van der Waals surface area contributed by atoms with Crippen molar-refractivity contribution in [3.8, 4) is 11.5 Å². The number of aliphatic hydroxyl groups excluding tert-OH is 1. The number of amides is 1. The van der Waals surface area contributed by atoms with E-state index in [4.69, 9.17) is 9.47 Å². The van der Waals surface area contributed by atoms with E-state index in [1.165, 1.54) is 6.07 Å². The van der Waals surface area contributed by atoms with Crippen LogP contribution in [0.5, 0.6) is 11.5 Å². The average molecular weight is 536 g/mol. The minimum Gasteiger partial charge on any atom is -0.507 e. The third-order valence-electron chi connectivity index (χ3n) is 6.49. The summed E-state index contributed by atoms with van der Waals surface area (Å²) < 4.78 is 39.2. The number of rotatable bonds is 7. The van der Waals surface area contributed by atoms with Crippen molar-refractivity contribution in [2.24, 2.45) is 0 Å². The van der Waals surface area contributed by atoms with E-state index in [0.717, 1.165) is 22.6 Å². The zero-order valence-corrected chi connectivity index (χ0v) is 22.5. The Kier molecular flexibility index (Phi) is 7.77. The van der Waals surface area contributed by atoms with Gasteiger partial charge in [0.25, 0.3) is 11.7 Å². The normalized spacial score (nSPS) is 17.0. The second kappa shape index (κ2) is 10.9. The van der Waals surface area contributed by atoms with Gasteiger partial charge in [-0.25, -0.2) is 8.78 Å². The van der Waals surface area contributed by atoms with Crippen LogP contribution in [0.1, 0.15) is 57.4 Å². The molecule has 1 heterocycles. The molecule has 0 radical (unpaired) electrons. The number of carbonyl (C=O) groups is 2. The van der Waals surface area contributed by atoms with E-state index >= 15 is 0 Å². The van der Waals surface area contributed by atoms with E-state index in [1.807, 2.05) is 34.6 Å². The Morgan fingerprint density at radius 3 is 2.15 bits per heavy atom. The predicted octanol–water partition coefficient (Wildman–Crippen LogP) is 6.69. The molecule has 0 spiro atoms. The summed E-state index contributed by atoms with van der Waals surface area (Å²) in [5.74, 6) is -3.32. The van der Waals surface area contributed by atoms with Crippen LogP contribution in [-0.2, 0) is 15.0 Å². The van der Waals surface area contributed by atoms with Gasteiger partial charge in [-0.3, -0.25) is 14.5 Å². The zero-order valence-electron chi connectivity index (χ0n) is 22.5. The summed E-state index contributed by atoms with van der Waals surface area (Å²) in [6.07, 6.45) is 0. The number of Topliss-reactive ketones (excluding diaryl/α,β-unsaturated/α-hetero) is 1. The number of anilines is 1. The molecule has 1 atom stereocenters. The quantitative estimate of drug-likeness (QED) is 0.207. The number of nitrogens with zero attached hydrogens (tertiary/aromatic N) is 1. The highest BCUT2D eigenvalue weighted by molar-refractivity contribution is 6.51. The van der Waals surface area contributed by atoms with Gasteiger partial charge in [0.15, 0.2) is 11.6 Å². The molecule has 1 fully saturated rings.